The first kappa shape index (κ1) is 29.6. The van der Waals surface area contributed by atoms with Gasteiger partial charge < -0.3 is 24.2 Å². The fraction of sp³-hybridized carbons (Fsp3) is 0.412. The second kappa shape index (κ2) is 11.1. The normalized spacial score (nSPS) is 15.1. The van der Waals surface area contributed by atoms with Crippen LogP contribution in [0.4, 0.5) is 4.39 Å². The van der Waals surface area contributed by atoms with Gasteiger partial charge in [0.15, 0.2) is 17.7 Å². The Morgan fingerprint density at radius 3 is 2.36 bits per heavy atom. The molecule has 3 aromatic rings. The first-order chi connectivity index (χ1) is 19.8. The molecule has 42 heavy (non-hydrogen) atoms. The molecule has 5 rings (SSSR count). The molecule has 3 aromatic carbocycles. The van der Waals surface area contributed by atoms with Crippen LogP contribution in [0, 0.1) is 26.6 Å². The lowest BCUT2D eigenvalue weighted by Gasteiger charge is -2.31. The van der Waals surface area contributed by atoms with E-state index in [1.54, 1.807) is 36.3 Å². The maximum absolute atomic E-state index is 15.5. The summed E-state index contributed by atoms with van der Waals surface area (Å²) in [6.45, 7) is 12.3. The summed E-state index contributed by atoms with van der Waals surface area (Å²) in [6, 6.07) is 8.49. The van der Waals surface area contributed by atoms with Gasteiger partial charge in [-0.25, -0.2) is 9.18 Å². The zero-order chi connectivity index (χ0) is 30.5. The second-order valence-corrected chi connectivity index (χ2v) is 12.1. The van der Waals surface area contributed by atoms with Gasteiger partial charge in [0.2, 0.25) is 0 Å². The number of carboxylic acids is 1. The van der Waals surface area contributed by atoms with Crippen LogP contribution in [0.1, 0.15) is 82.6 Å². The monoisotopic (exact) mass is 575 g/mol. The third kappa shape index (κ3) is 5.24. The van der Waals surface area contributed by atoms with Gasteiger partial charge in [-0.05, 0) is 118 Å². The van der Waals surface area contributed by atoms with Crippen molar-refractivity contribution >= 4 is 11.9 Å². The van der Waals surface area contributed by atoms with E-state index in [2.05, 4.69) is 0 Å². The first-order valence-electron chi connectivity index (χ1n) is 14.3. The highest BCUT2D eigenvalue weighted by Gasteiger charge is 2.37. The highest BCUT2D eigenvalue weighted by Crippen LogP contribution is 2.47. The minimum Gasteiger partial charge on any atom is -0.497 e. The largest absolute Gasteiger partial charge is 0.497 e. The highest BCUT2D eigenvalue weighted by atomic mass is 19.1. The van der Waals surface area contributed by atoms with Crippen molar-refractivity contribution < 1.29 is 33.3 Å². The maximum atomic E-state index is 15.5. The molecule has 2 aliphatic rings. The molecule has 0 saturated heterocycles. The first-order valence-corrected chi connectivity index (χ1v) is 14.3. The third-order valence-electron chi connectivity index (χ3n) is 8.28. The molecular weight excluding hydrogens is 537 g/mol. The van der Waals surface area contributed by atoms with Gasteiger partial charge in [-0.2, -0.15) is 0 Å². The van der Waals surface area contributed by atoms with Crippen LogP contribution in [0.5, 0.6) is 11.5 Å². The highest BCUT2D eigenvalue weighted by molar-refractivity contribution is 5.95. The van der Waals surface area contributed by atoms with E-state index in [4.69, 9.17) is 14.2 Å². The van der Waals surface area contributed by atoms with Gasteiger partial charge in [0.25, 0.3) is 5.91 Å². The zero-order valence-electron chi connectivity index (χ0n) is 25.3. The lowest BCUT2D eigenvalue weighted by Crippen LogP contribution is -2.29. The number of rotatable bonds is 6. The number of benzene rings is 3. The van der Waals surface area contributed by atoms with Gasteiger partial charge in [0, 0.05) is 29.8 Å². The summed E-state index contributed by atoms with van der Waals surface area (Å²) in [6.07, 6.45) is 0.146. The summed E-state index contributed by atoms with van der Waals surface area (Å²) < 4.78 is 32.7. The van der Waals surface area contributed by atoms with Gasteiger partial charge >= 0.3 is 5.97 Å². The Bertz CT molecular complexity index is 1590. The Kier molecular flexibility index (Phi) is 7.79. The molecule has 1 atom stereocenters. The molecule has 1 N–H and O–H groups in total. The molecule has 0 fully saturated rings. The van der Waals surface area contributed by atoms with Gasteiger partial charge in [-0.15, -0.1) is 0 Å². The van der Waals surface area contributed by atoms with E-state index in [9.17, 15) is 14.7 Å². The van der Waals surface area contributed by atoms with Crippen LogP contribution in [-0.4, -0.2) is 41.2 Å². The van der Waals surface area contributed by atoms with Crippen LogP contribution in [0.15, 0.2) is 30.3 Å². The smallest absolute Gasteiger partial charge is 0.337 e. The van der Waals surface area contributed by atoms with Crippen molar-refractivity contribution in [3.05, 3.63) is 80.7 Å². The number of methoxy groups -OCH3 is 1. The molecular formula is C34H38FNO6. The van der Waals surface area contributed by atoms with E-state index < -0.39 is 23.5 Å². The van der Waals surface area contributed by atoms with Crippen molar-refractivity contribution in [1.29, 1.82) is 0 Å². The van der Waals surface area contributed by atoms with Gasteiger partial charge in [-0.3, -0.25) is 4.79 Å². The molecule has 0 saturated carbocycles. The number of halogens is 1. The van der Waals surface area contributed by atoms with Crippen LogP contribution in [0.3, 0.4) is 0 Å². The van der Waals surface area contributed by atoms with Gasteiger partial charge in [0.05, 0.1) is 19.3 Å². The predicted molar refractivity (Wildman–Crippen MR) is 158 cm³/mol. The molecule has 2 heterocycles. The zero-order valence-corrected chi connectivity index (χ0v) is 25.3. The summed E-state index contributed by atoms with van der Waals surface area (Å²) in [5.41, 5.74) is 6.54. The van der Waals surface area contributed by atoms with Crippen molar-refractivity contribution in [2.45, 2.75) is 79.2 Å². The van der Waals surface area contributed by atoms with E-state index in [0.29, 0.717) is 54.1 Å². The van der Waals surface area contributed by atoms with Crippen molar-refractivity contribution in [1.82, 2.24) is 4.90 Å². The topological polar surface area (TPSA) is 85.3 Å². The molecule has 0 spiro atoms. The predicted octanol–water partition coefficient (Wildman–Crippen LogP) is 6.85. The molecule has 0 bridgehead atoms. The summed E-state index contributed by atoms with van der Waals surface area (Å²) in [7, 11) is 1.56. The van der Waals surface area contributed by atoms with Crippen molar-refractivity contribution in [3.63, 3.8) is 0 Å². The van der Waals surface area contributed by atoms with Crippen LogP contribution in [0.2, 0.25) is 0 Å². The fourth-order valence-corrected chi connectivity index (χ4v) is 6.28. The summed E-state index contributed by atoms with van der Waals surface area (Å²) >= 11 is 0. The Morgan fingerprint density at radius 1 is 1.02 bits per heavy atom. The minimum absolute atomic E-state index is 0.152. The Morgan fingerprint density at radius 2 is 1.71 bits per heavy atom. The summed E-state index contributed by atoms with van der Waals surface area (Å²) in [5, 5.41) is 10.5. The number of hydrogen-bond acceptors (Lipinski definition) is 5. The third-order valence-corrected chi connectivity index (χ3v) is 8.28. The second-order valence-electron chi connectivity index (χ2n) is 12.1. The van der Waals surface area contributed by atoms with Crippen LogP contribution < -0.4 is 9.47 Å². The number of carboxylic acid groups (broad SMARTS) is 1. The van der Waals surface area contributed by atoms with Gasteiger partial charge in [0.1, 0.15) is 5.75 Å². The average molecular weight is 576 g/mol. The number of carbonyl (C=O) groups is 2. The molecule has 2 aliphatic heterocycles. The Balaban J connectivity index is 1.72. The van der Waals surface area contributed by atoms with E-state index in [0.717, 1.165) is 39.8 Å². The van der Waals surface area contributed by atoms with E-state index in [1.807, 2.05) is 41.5 Å². The molecule has 7 nitrogen and oxygen atoms in total. The number of fused-ring (bicyclic) bond motifs is 2. The Hall–Kier alpha value is -3.91. The quantitative estimate of drug-likeness (QED) is 0.346. The number of carbonyl (C=O) groups excluding carboxylic acids is 1. The van der Waals surface area contributed by atoms with Crippen molar-refractivity contribution in [3.8, 4) is 22.6 Å². The number of hydrogen-bond donors (Lipinski definition) is 1. The molecule has 0 aromatic heterocycles. The maximum Gasteiger partial charge on any atom is 0.337 e. The van der Waals surface area contributed by atoms with Crippen LogP contribution in [-0.2, 0) is 29.0 Å². The lowest BCUT2D eigenvalue weighted by atomic mass is 9.81. The van der Waals surface area contributed by atoms with Crippen LogP contribution in [0.25, 0.3) is 11.1 Å². The number of ether oxygens (including phenoxy) is 3. The van der Waals surface area contributed by atoms with Crippen molar-refractivity contribution in [2.24, 2.45) is 0 Å². The molecule has 8 heteroatoms. The standard InChI is InChI=1S/C34H38FNO6/c1-18-23-12-9-13-41-30(23)27(35)15-24(18)28-19(2)25-16-36(32(37)21-10-8-11-22(14-21)40-7)17-26(25)20(3)29(28)31(33(38)39)42-34(4,5)6/h8,10-11,14-15,31H,9,12-13,16-17H2,1-7H3,(H,38,39)/t31-/m0/s1. The number of amides is 1. The van der Waals surface area contributed by atoms with E-state index in [1.165, 1.54) is 6.07 Å². The summed E-state index contributed by atoms with van der Waals surface area (Å²) in [4.78, 5) is 28.2. The lowest BCUT2D eigenvalue weighted by molar-refractivity contribution is -0.160. The molecule has 1 amide bonds. The molecule has 0 radical (unpaired) electrons. The van der Waals surface area contributed by atoms with Crippen molar-refractivity contribution in [2.75, 3.05) is 13.7 Å². The minimum atomic E-state index is -1.30. The average Bonchev–Trinajstić information content (AvgIpc) is 3.41. The molecule has 0 unspecified atom stereocenters. The fourth-order valence-electron chi connectivity index (χ4n) is 6.28. The number of aliphatic carboxylic acids is 1. The summed E-state index contributed by atoms with van der Waals surface area (Å²) in [5.74, 6) is -0.883. The van der Waals surface area contributed by atoms with Gasteiger partial charge in [-0.1, -0.05) is 6.07 Å². The number of nitrogens with zero attached hydrogens (tertiary/aromatic N) is 1. The van der Waals surface area contributed by atoms with Crippen LogP contribution >= 0.6 is 0 Å². The molecule has 0 aliphatic carbocycles. The SMILES string of the molecule is COc1cccc(C(=O)N2Cc3c(C)c(-c4cc(F)c5c(c4C)CCCO5)c([C@H](OC(C)(C)C)C(=O)O)c(C)c3C2)c1. The Labute approximate surface area is 246 Å². The van der Waals surface area contributed by atoms with E-state index >= 15 is 4.39 Å². The molecule has 222 valence electrons. The van der Waals surface area contributed by atoms with E-state index in [-0.39, 0.29) is 11.7 Å².